The average Bonchev–Trinajstić information content (AvgIpc) is 2.83. The number of anilines is 1. The molecule has 2 aromatic carbocycles. The van der Waals surface area contributed by atoms with Gasteiger partial charge in [0.2, 0.25) is 0 Å². The van der Waals surface area contributed by atoms with Crippen LogP contribution in [-0.2, 0) is 0 Å². The first-order valence-electron chi connectivity index (χ1n) is 6.39. The maximum absolute atomic E-state index is 12.3. The average molecular weight is 319 g/mol. The maximum atomic E-state index is 12.3. The fraction of sp³-hybridized carbons (Fsp3) is 0.0625. The number of carbonyl (C=O) groups is 1. The van der Waals surface area contributed by atoms with E-state index >= 15 is 0 Å². The van der Waals surface area contributed by atoms with Crippen molar-refractivity contribution in [3.8, 4) is 0 Å². The molecule has 2 N–H and O–H groups in total. The van der Waals surface area contributed by atoms with Gasteiger partial charge in [-0.3, -0.25) is 4.79 Å². The highest BCUT2D eigenvalue weighted by Gasteiger charge is 2.11. The Balaban J connectivity index is 1.94. The summed E-state index contributed by atoms with van der Waals surface area (Å²) in [6.45, 7) is 1.98. The smallest absolute Gasteiger partial charge is 0.255 e. The highest BCUT2D eigenvalue weighted by atomic mass is 35.5. The van der Waals surface area contributed by atoms with Crippen molar-refractivity contribution in [1.29, 1.82) is 0 Å². The van der Waals surface area contributed by atoms with Crippen LogP contribution in [0.5, 0.6) is 0 Å². The summed E-state index contributed by atoms with van der Waals surface area (Å²) in [5.41, 5.74) is 3.25. The van der Waals surface area contributed by atoms with Crippen LogP contribution in [0.15, 0.2) is 42.5 Å². The lowest BCUT2D eigenvalue weighted by Crippen LogP contribution is -2.11. The van der Waals surface area contributed by atoms with Crippen molar-refractivity contribution in [2.24, 2.45) is 0 Å². The number of aromatic amines is 1. The molecule has 0 fully saturated rings. The number of aryl methyl sites for hydroxylation is 1. The molecular weight excluding hydrogens is 307 g/mol. The number of hydrogen-bond donors (Lipinski definition) is 2. The third-order valence-corrected chi connectivity index (χ3v) is 3.97. The predicted molar refractivity (Wildman–Crippen MR) is 87.5 cm³/mol. The van der Waals surface area contributed by atoms with Crippen LogP contribution < -0.4 is 5.32 Å². The van der Waals surface area contributed by atoms with Gasteiger partial charge in [0.05, 0.1) is 15.7 Å². The largest absolute Gasteiger partial charge is 0.359 e. The number of fused-ring (bicyclic) bond motifs is 1. The van der Waals surface area contributed by atoms with Crippen LogP contribution in [0.25, 0.3) is 10.9 Å². The van der Waals surface area contributed by atoms with E-state index in [1.165, 1.54) is 0 Å². The van der Waals surface area contributed by atoms with E-state index in [1.54, 1.807) is 18.2 Å². The number of nitrogens with one attached hydrogen (secondary N) is 2. The molecule has 0 atom stereocenters. The first kappa shape index (κ1) is 14.0. The van der Waals surface area contributed by atoms with Crippen LogP contribution in [-0.4, -0.2) is 10.9 Å². The molecule has 0 bridgehead atoms. The Morgan fingerprint density at radius 2 is 1.90 bits per heavy atom. The number of rotatable bonds is 2. The molecule has 1 amide bonds. The minimum atomic E-state index is -0.222. The molecule has 0 aliphatic rings. The van der Waals surface area contributed by atoms with Gasteiger partial charge in [0.1, 0.15) is 0 Å². The SMILES string of the molecule is Cc1cc2c(NC(=O)c3ccc(Cl)c(Cl)c3)cccc2[nH]1. The van der Waals surface area contributed by atoms with Gasteiger partial charge >= 0.3 is 0 Å². The normalized spacial score (nSPS) is 10.8. The van der Waals surface area contributed by atoms with Gasteiger partial charge in [0.25, 0.3) is 5.91 Å². The van der Waals surface area contributed by atoms with E-state index in [9.17, 15) is 4.79 Å². The van der Waals surface area contributed by atoms with Crippen LogP contribution in [0.4, 0.5) is 5.69 Å². The lowest BCUT2D eigenvalue weighted by Gasteiger charge is -2.07. The molecule has 0 aliphatic heterocycles. The van der Waals surface area contributed by atoms with E-state index in [0.717, 1.165) is 22.3 Å². The zero-order valence-corrected chi connectivity index (χ0v) is 12.7. The Morgan fingerprint density at radius 3 is 2.67 bits per heavy atom. The van der Waals surface area contributed by atoms with E-state index in [4.69, 9.17) is 23.2 Å². The summed E-state index contributed by atoms with van der Waals surface area (Å²) in [7, 11) is 0. The quantitative estimate of drug-likeness (QED) is 0.683. The second-order valence-electron chi connectivity index (χ2n) is 4.80. The molecule has 1 heterocycles. The van der Waals surface area contributed by atoms with E-state index in [0.29, 0.717) is 15.6 Å². The number of benzene rings is 2. The van der Waals surface area contributed by atoms with E-state index < -0.39 is 0 Å². The van der Waals surface area contributed by atoms with E-state index in [-0.39, 0.29) is 5.91 Å². The van der Waals surface area contributed by atoms with Gasteiger partial charge in [-0.1, -0.05) is 29.3 Å². The topological polar surface area (TPSA) is 44.9 Å². The molecular formula is C16H12Cl2N2O. The molecule has 0 unspecified atom stereocenters. The van der Waals surface area contributed by atoms with Crippen molar-refractivity contribution in [2.75, 3.05) is 5.32 Å². The zero-order chi connectivity index (χ0) is 15.0. The highest BCUT2D eigenvalue weighted by Crippen LogP contribution is 2.26. The van der Waals surface area contributed by atoms with Crippen molar-refractivity contribution in [3.05, 3.63) is 63.8 Å². The molecule has 0 aliphatic carbocycles. The van der Waals surface area contributed by atoms with Crippen molar-refractivity contribution in [2.45, 2.75) is 6.92 Å². The number of aromatic nitrogens is 1. The molecule has 3 nitrogen and oxygen atoms in total. The van der Waals surface area contributed by atoms with Gasteiger partial charge in [-0.05, 0) is 43.3 Å². The molecule has 0 saturated heterocycles. The minimum Gasteiger partial charge on any atom is -0.359 e. The molecule has 5 heteroatoms. The van der Waals surface area contributed by atoms with Crippen LogP contribution >= 0.6 is 23.2 Å². The fourth-order valence-electron chi connectivity index (χ4n) is 2.24. The second kappa shape index (κ2) is 5.43. The monoisotopic (exact) mass is 318 g/mol. The summed E-state index contributed by atoms with van der Waals surface area (Å²) >= 11 is 11.8. The van der Waals surface area contributed by atoms with Gasteiger partial charge in [-0.15, -0.1) is 0 Å². The molecule has 3 rings (SSSR count). The van der Waals surface area contributed by atoms with Crippen molar-refractivity contribution < 1.29 is 4.79 Å². The standard InChI is InChI=1S/C16H12Cl2N2O/c1-9-7-11-14(19-9)3-2-4-15(11)20-16(21)10-5-6-12(17)13(18)8-10/h2-8,19H,1H3,(H,20,21). The maximum Gasteiger partial charge on any atom is 0.255 e. The number of amides is 1. The van der Waals surface area contributed by atoms with Crippen LogP contribution in [0.1, 0.15) is 16.1 Å². The number of hydrogen-bond acceptors (Lipinski definition) is 1. The van der Waals surface area contributed by atoms with E-state index in [1.807, 2.05) is 31.2 Å². The summed E-state index contributed by atoms with van der Waals surface area (Å²) in [5.74, 6) is -0.222. The van der Waals surface area contributed by atoms with Crippen LogP contribution in [0.2, 0.25) is 10.0 Å². The third-order valence-electron chi connectivity index (χ3n) is 3.23. The third kappa shape index (κ3) is 2.75. The highest BCUT2D eigenvalue weighted by molar-refractivity contribution is 6.42. The number of halogens is 2. The molecule has 3 aromatic rings. The minimum absolute atomic E-state index is 0.222. The second-order valence-corrected chi connectivity index (χ2v) is 5.62. The summed E-state index contributed by atoms with van der Waals surface area (Å²) in [6.07, 6.45) is 0. The Morgan fingerprint density at radius 1 is 1.10 bits per heavy atom. The van der Waals surface area contributed by atoms with Crippen LogP contribution in [0, 0.1) is 6.92 Å². The van der Waals surface area contributed by atoms with E-state index in [2.05, 4.69) is 10.3 Å². The van der Waals surface area contributed by atoms with Gasteiger partial charge < -0.3 is 10.3 Å². The summed E-state index contributed by atoms with van der Waals surface area (Å²) in [4.78, 5) is 15.5. The Kier molecular flexibility index (Phi) is 3.62. The number of H-pyrrole nitrogens is 1. The van der Waals surface area contributed by atoms with Gasteiger partial charge in [0.15, 0.2) is 0 Å². The lowest BCUT2D eigenvalue weighted by molar-refractivity contribution is 0.102. The van der Waals surface area contributed by atoms with Crippen molar-refractivity contribution in [3.63, 3.8) is 0 Å². The molecule has 0 radical (unpaired) electrons. The predicted octanol–water partition coefficient (Wildman–Crippen LogP) is 5.04. The number of carbonyl (C=O) groups excluding carboxylic acids is 1. The molecule has 0 spiro atoms. The molecule has 106 valence electrons. The molecule has 1 aromatic heterocycles. The van der Waals surface area contributed by atoms with Gasteiger partial charge in [-0.25, -0.2) is 0 Å². The first-order valence-corrected chi connectivity index (χ1v) is 7.15. The summed E-state index contributed by atoms with van der Waals surface area (Å²) in [5, 5.41) is 4.66. The summed E-state index contributed by atoms with van der Waals surface area (Å²) < 4.78 is 0. The van der Waals surface area contributed by atoms with Gasteiger partial charge in [-0.2, -0.15) is 0 Å². The fourth-order valence-corrected chi connectivity index (χ4v) is 2.53. The van der Waals surface area contributed by atoms with Crippen molar-refractivity contribution in [1.82, 2.24) is 4.98 Å². The lowest BCUT2D eigenvalue weighted by atomic mass is 10.1. The summed E-state index contributed by atoms with van der Waals surface area (Å²) in [6, 6.07) is 12.5. The molecule has 0 saturated carbocycles. The molecule has 21 heavy (non-hydrogen) atoms. The van der Waals surface area contributed by atoms with Gasteiger partial charge in [0, 0.05) is 22.2 Å². The van der Waals surface area contributed by atoms with Crippen LogP contribution in [0.3, 0.4) is 0 Å². The Bertz CT molecular complexity index is 839. The first-order chi connectivity index (χ1) is 10.0. The zero-order valence-electron chi connectivity index (χ0n) is 11.2. The Hall–Kier alpha value is -1.97. The Labute approximate surface area is 131 Å². The van der Waals surface area contributed by atoms with Crippen molar-refractivity contribution >= 4 is 45.7 Å².